The molecule has 2 heteroatoms. The Morgan fingerprint density at radius 2 is 1.40 bits per heavy atom. The molecule has 0 heterocycles. The summed E-state index contributed by atoms with van der Waals surface area (Å²) in [6.45, 7) is 0. The molecule has 0 aliphatic rings. The minimum absolute atomic E-state index is 1.17. The molecule has 0 N–H and O–H groups in total. The Bertz CT molecular complexity index is 408. The van der Waals surface area contributed by atoms with Gasteiger partial charge in [0.2, 0.25) is 0 Å². The molecule has 0 spiro atoms. The van der Waals surface area contributed by atoms with Gasteiger partial charge < -0.3 is 0 Å². The molecule has 0 bridgehead atoms. The van der Waals surface area contributed by atoms with E-state index < -0.39 is 0 Å². The summed E-state index contributed by atoms with van der Waals surface area (Å²) in [5.41, 5.74) is 1.42. The van der Waals surface area contributed by atoms with Gasteiger partial charge in [-0.1, -0.05) is 0 Å². The predicted molar refractivity (Wildman–Crippen MR) is 69.3 cm³/mol. The topological polar surface area (TPSA) is 0 Å². The Balaban J connectivity index is 2.11. The van der Waals surface area contributed by atoms with Crippen molar-refractivity contribution in [3.63, 3.8) is 0 Å². The van der Waals surface area contributed by atoms with Gasteiger partial charge in [0, 0.05) is 0 Å². The van der Waals surface area contributed by atoms with Gasteiger partial charge in [0.1, 0.15) is 0 Å². The Morgan fingerprint density at radius 1 is 0.800 bits per heavy atom. The summed E-state index contributed by atoms with van der Waals surface area (Å²) in [4.78, 5) is 2.61. The molecular formula is C13H13AsS. The maximum absolute atomic E-state index is 2.22. The van der Waals surface area contributed by atoms with Crippen molar-refractivity contribution in [3.8, 4) is 0 Å². The molecule has 15 heavy (non-hydrogen) atoms. The van der Waals surface area contributed by atoms with Crippen LogP contribution in [-0.2, 0) is 5.21 Å². The summed E-state index contributed by atoms with van der Waals surface area (Å²) < 4.78 is 0. The molecule has 0 nitrogen and oxygen atoms in total. The van der Waals surface area contributed by atoms with Gasteiger partial charge in [0.25, 0.3) is 0 Å². The summed E-state index contributed by atoms with van der Waals surface area (Å²) >= 11 is 3.57. The first-order valence-electron chi connectivity index (χ1n) is 4.90. The molecule has 1 atom stereocenters. The number of hydrogen-bond acceptors (Lipinski definition) is 1. The summed E-state index contributed by atoms with van der Waals surface area (Å²) in [5.74, 6) is 0. The van der Waals surface area contributed by atoms with E-state index in [1.165, 1.54) is 20.6 Å². The van der Waals surface area contributed by atoms with Gasteiger partial charge in [-0.05, 0) is 0 Å². The number of rotatable bonds is 3. The van der Waals surface area contributed by atoms with Crippen LogP contribution in [0.2, 0.25) is 0 Å². The molecule has 0 fully saturated rings. The summed E-state index contributed by atoms with van der Waals surface area (Å²) in [7, 11) is 0. The van der Waals surface area contributed by atoms with Crippen molar-refractivity contribution in [1.29, 1.82) is 0 Å². The molecule has 2 aromatic carbocycles. The van der Waals surface area contributed by atoms with Gasteiger partial charge in [0.05, 0.1) is 0 Å². The standard InChI is InChI=1S/C13H13AsS/c14-10-11-6-8-13(9-7-11)15-12-4-2-1-3-5-12/h1-9H,10,14H2. The molecule has 0 saturated carbocycles. The molecule has 0 aromatic heterocycles. The van der Waals surface area contributed by atoms with Gasteiger partial charge in [-0.15, -0.1) is 0 Å². The fraction of sp³-hybridized carbons (Fsp3) is 0.0769. The van der Waals surface area contributed by atoms with E-state index in [1.54, 1.807) is 16.9 Å². The zero-order valence-electron chi connectivity index (χ0n) is 8.39. The Kier molecular flexibility index (Phi) is 3.93. The fourth-order valence-electron chi connectivity index (χ4n) is 1.32. The van der Waals surface area contributed by atoms with E-state index in [0.29, 0.717) is 0 Å². The zero-order valence-corrected chi connectivity index (χ0v) is 11.6. The molecule has 0 radical (unpaired) electrons. The SMILES string of the molecule is [AsH2]Cc1ccc(Sc2ccccc2)cc1. The van der Waals surface area contributed by atoms with Gasteiger partial charge >= 0.3 is 104 Å². The monoisotopic (exact) mass is 276 g/mol. The molecule has 2 rings (SSSR count). The summed E-state index contributed by atoms with van der Waals surface area (Å²) in [5, 5.41) is 1.17. The van der Waals surface area contributed by atoms with Crippen molar-refractivity contribution in [1.82, 2.24) is 0 Å². The predicted octanol–water partition coefficient (Wildman–Crippen LogP) is 2.97. The fourth-order valence-corrected chi connectivity index (χ4v) is 2.73. The molecule has 1 unspecified atom stereocenters. The van der Waals surface area contributed by atoms with Crippen LogP contribution < -0.4 is 0 Å². The third-order valence-electron chi connectivity index (χ3n) is 2.14. The third kappa shape index (κ3) is 3.15. The van der Waals surface area contributed by atoms with Crippen LogP contribution >= 0.6 is 11.8 Å². The second-order valence-corrected chi connectivity index (χ2v) is 5.27. The Morgan fingerprint density at radius 3 is 2.00 bits per heavy atom. The van der Waals surface area contributed by atoms with E-state index in [4.69, 9.17) is 0 Å². The normalized spacial score (nSPS) is 10.2. The molecular weight excluding hydrogens is 263 g/mol. The Hall–Kier alpha value is -0.652. The van der Waals surface area contributed by atoms with Crippen LogP contribution in [0.15, 0.2) is 64.4 Å². The quantitative estimate of drug-likeness (QED) is 0.777. The zero-order chi connectivity index (χ0) is 10.5. The van der Waals surface area contributed by atoms with Crippen LogP contribution in [0, 0.1) is 0 Å². The van der Waals surface area contributed by atoms with Crippen molar-refractivity contribution in [2.24, 2.45) is 0 Å². The second-order valence-electron chi connectivity index (χ2n) is 3.26. The van der Waals surface area contributed by atoms with Gasteiger partial charge in [-0.3, -0.25) is 0 Å². The molecule has 76 valence electrons. The molecule has 0 aliphatic carbocycles. The van der Waals surface area contributed by atoms with Crippen LogP contribution in [0.4, 0.5) is 0 Å². The van der Waals surface area contributed by atoms with Crippen LogP contribution in [0.1, 0.15) is 5.56 Å². The van der Waals surface area contributed by atoms with Crippen LogP contribution in [0.5, 0.6) is 0 Å². The van der Waals surface area contributed by atoms with Gasteiger partial charge in [0.15, 0.2) is 0 Å². The van der Waals surface area contributed by atoms with Crippen LogP contribution in [-0.4, -0.2) is 16.9 Å². The minimum atomic E-state index is 1.17. The first kappa shape index (κ1) is 10.9. The number of hydrogen-bond donors (Lipinski definition) is 0. The van der Waals surface area contributed by atoms with Gasteiger partial charge in [-0.2, -0.15) is 0 Å². The van der Waals surface area contributed by atoms with Crippen LogP contribution in [0.3, 0.4) is 0 Å². The first-order valence-corrected chi connectivity index (χ1v) is 7.43. The molecule has 0 amide bonds. The van der Waals surface area contributed by atoms with Crippen molar-refractivity contribution in [2.75, 3.05) is 0 Å². The van der Waals surface area contributed by atoms with E-state index in [9.17, 15) is 0 Å². The van der Waals surface area contributed by atoms with Crippen molar-refractivity contribution in [2.45, 2.75) is 15.0 Å². The molecule has 0 aliphatic heterocycles. The van der Waals surface area contributed by atoms with E-state index in [-0.39, 0.29) is 0 Å². The molecule has 2 aromatic rings. The average Bonchev–Trinajstić information content (AvgIpc) is 2.31. The van der Waals surface area contributed by atoms with E-state index in [1.807, 2.05) is 17.8 Å². The van der Waals surface area contributed by atoms with E-state index in [0.717, 1.165) is 0 Å². The van der Waals surface area contributed by atoms with Gasteiger partial charge in [-0.25, -0.2) is 0 Å². The number of benzene rings is 2. The summed E-state index contributed by atoms with van der Waals surface area (Å²) in [6, 6.07) is 19.3. The maximum atomic E-state index is 2.22. The van der Waals surface area contributed by atoms with Crippen molar-refractivity contribution in [3.05, 3.63) is 60.2 Å². The van der Waals surface area contributed by atoms with Crippen LogP contribution in [0.25, 0.3) is 0 Å². The van der Waals surface area contributed by atoms with Crippen molar-refractivity contribution < 1.29 is 0 Å². The molecule has 0 saturated heterocycles. The van der Waals surface area contributed by atoms with E-state index >= 15 is 0 Å². The summed E-state index contributed by atoms with van der Waals surface area (Å²) in [6.07, 6.45) is 0. The van der Waals surface area contributed by atoms with E-state index in [2.05, 4.69) is 48.5 Å². The average molecular weight is 276 g/mol. The third-order valence-corrected chi connectivity index (χ3v) is 4.14. The second kappa shape index (κ2) is 5.44. The first-order chi connectivity index (χ1) is 7.38. The Labute approximate surface area is 104 Å². The van der Waals surface area contributed by atoms with Crippen molar-refractivity contribution >= 4 is 28.6 Å².